The monoisotopic (exact) mass is 183 g/mol. The van der Waals surface area contributed by atoms with E-state index in [1.54, 1.807) is 0 Å². The molecule has 0 aromatic carbocycles. The summed E-state index contributed by atoms with van der Waals surface area (Å²) in [6, 6.07) is 0.673. The van der Waals surface area contributed by atoms with E-state index in [2.05, 4.69) is 18.4 Å². The molecule has 0 bridgehead atoms. The van der Waals surface area contributed by atoms with Crippen LogP contribution in [0, 0.1) is 0 Å². The Morgan fingerprint density at radius 3 is 2.46 bits per heavy atom. The summed E-state index contributed by atoms with van der Waals surface area (Å²) >= 11 is 0. The molecule has 1 fully saturated rings. The van der Waals surface area contributed by atoms with E-state index in [1.807, 2.05) is 6.08 Å². The highest BCUT2D eigenvalue weighted by Gasteiger charge is 2.22. The van der Waals surface area contributed by atoms with Gasteiger partial charge in [-0.1, -0.05) is 13.0 Å². The Balaban J connectivity index is 2.36. The zero-order chi connectivity index (χ0) is 9.68. The van der Waals surface area contributed by atoms with Crippen LogP contribution in [0.4, 0.5) is 0 Å². The van der Waals surface area contributed by atoms with Crippen LogP contribution in [-0.2, 0) is 0 Å². The Kier molecular flexibility index (Phi) is 4.46. The maximum absolute atomic E-state index is 9.37. The largest absolute Gasteiger partial charge is 0.393 e. The maximum atomic E-state index is 9.37. The molecule has 0 saturated heterocycles. The second-order valence-electron chi connectivity index (χ2n) is 3.84. The van der Waals surface area contributed by atoms with Crippen molar-refractivity contribution < 1.29 is 5.11 Å². The highest BCUT2D eigenvalue weighted by Crippen LogP contribution is 2.22. The van der Waals surface area contributed by atoms with Crippen LogP contribution in [0.3, 0.4) is 0 Å². The summed E-state index contributed by atoms with van der Waals surface area (Å²) < 4.78 is 0. The first-order valence-electron chi connectivity index (χ1n) is 5.31. The number of aliphatic hydroxyl groups excluding tert-OH is 1. The third-order valence-electron chi connectivity index (χ3n) is 2.95. The van der Waals surface area contributed by atoms with Gasteiger partial charge in [0.2, 0.25) is 0 Å². The van der Waals surface area contributed by atoms with Crippen LogP contribution in [-0.4, -0.2) is 35.2 Å². The minimum absolute atomic E-state index is 0.0429. The number of rotatable bonds is 4. The predicted molar refractivity (Wildman–Crippen MR) is 55.7 cm³/mol. The molecule has 1 N–H and O–H groups in total. The van der Waals surface area contributed by atoms with Crippen molar-refractivity contribution >= 4 is 0 Å². The van der Waals surface area contributed by atoms with E-state index >= 15 is 0 Å². The molecule has 0 amide bonds. The molecule has 0 spiro atoms. The minimum Gasteiger partial charge on any atom is -0.393 e. The third kappa shape index (κ3) is 3.12. The van der Waals surface area contributed by atoms with E-state index < -0.39 is 0 Å². The average molecular weight is 183 g/mol. The van der Waals surface area contributed by atoms with Crippen LogP contribution in [0.2, 0.25) is 0 Å². The lowest BCUT2D eigenvalue weighted by Crippen LogP contribution is -2.38. The van der Waals surface area contributed by atoms with Gasteiger partial charge in [0.05, 0.1) is 6.10 Å². The fraction of sp³-hybridized carbons (Fsp3) is 0.818. The normalized spacial score (nSPS) is 29.2. The van der Waals surface area contributed by atoms with Gasteiger partial charge >= 0.3 is 0 Å². The number of likely N-dealkylation sites (N-methyl/N-ethyl adjacent to an activating group) is 1. The molecule has 13 heavy (non-hydrogen) atoms. The number of hydrogen-bond acceptors (Lipinski definition) is 2. The topological polar surface area (TPSA) is 23.5 Å². The Morgan fingerprint density at radius 1 is 1.38 bits per heavy atom. The molecular formula is C11H21NO. The van der Waals surface area contributed by atoms with Crippen molar-refractivity contribution in [1.82, 2.24) is 4.90 Å². The van der Waals surface area contributed by atoms with Gasteiger partial charge in [-0.3, -0.25) is 4.90 Å². The van der Waals surface area contributed by atoms with E-state index in [-0.39, 0.29) is 6.10 Å². The fourth-order valence-corrected chi connectivity index (χ4v) is 2.13. The molecule has 1 saturated carbocycles. The fourth-order valence-electron chi connectivity index (χ4n) is 2.13. The lowest BCUT2D eigenvalue weighted by molar-refractivity contribution is 0.0808. The molecule has 0 aromatic heterocycles. The zero-order valence-electron chi connectivity index (χ0n) is 8.58. The lowest BCUT2D eigenvalue weighted by atomic mass is 9.92. The molecule has 2 heteroatoms. The zero-order valence-corrected chi connectivity index (χ0v) is 8.58. The molecule has 1 aliphatic rings. The molecule has 1 rings (SSSR count). The van der Waals surface area contributed by atoms with Gasteiger partial charge in [-0.2, -0.15) is 0 Å². The quantitative estimate of drug-likeness (QED) is 0.672. The van der Waals surface area contributed by atoms with Crippen molar-refractivity contribution in [1.29, 1.82) is 0 Å². The second-order valence-corrected chi connectivity index (χ2v) is 3.84. The van der Waals surface area contributed by atoms with Gasteiger partial charge in [0.15, 0.2) is 0 Å². The lowest BCUT2D eigenvalue weighted by Gasteiger charge is -2.34. The Morgan fingerprint density at radius 2 is 2.00 bits per heavy atom. The van der Waals surface area contributed by atoms with Gasteiger partial charge in [0.1, 0.15) is 0 Å². The molecule has 0 radical (unpaired) electrons. The molecular weight excluding hydrogens is 162 g/mol. The first-order valence-corrected chi connectivity index (χ1v) is 5.31. The summed E-state index contributed by atoms with van der Waals surface area (Å²) in [6.45, 7) is 8.03. The van der Waals surface area contributed by atoms with Gasteiger partial charge in [0, 0.05) is 12.6 Å². The van der Waals surface area contributed by atoms with Crippen molar-refractivity contribution in [3.63, 3.8) is 0 Å². The van der Waals surface area contributed by atoms with Crippen molar-refractivity contribution in [2.75, 3.05) is 13.1 Å². The smallest absolute Gasteiger partial charge is 0.0541 e. The summed E-state index contributed by atoms with van der Waals surface area (Å²) in [5, 5.41) is 9.37. The van der Waals surface area contributed by atoms with Crippen LogP contribution in [0.5, 0.6) is 0 Å². The Bertz CT molecular complexity index is 150. The summed E-state index contributed by atoms with van der Waals surface area (Å²) in [7, 11) is 0. The third-order valence-corrected chi connectivity index (χ3v) is 2.95. The van der Waals surface area contributed by atoms with Crippen molar-refractivity contribution in [2.24, 2.45) is 0 Å². The van der Waals surface area contributed by atoms with E-state index in [1.165, 1.54) is 0 Å². The molecule has 0 atom stereocenters. The molecule has 1 aliphatic carbocycles. The van der Waals surface area contributed by atoms with Gasteiger partial charge in [-0.05, 0) is 32.2 Å². The number of aliphatic hydroxyl groups is 1. The van der Waals surface area contributed by atoms with Crippen LogP contribution in [0.15, 0.2) is 12.7 Å². The van der Waals surface area contributed by atoms with Crippen LogP contribution >= 0.6 is 0 Å². The van der Waals surface area contributed by atoms with E-state index in [0.29, 0.717) is 6.04 Å². The van der Waals surface area contributed by atoms with Gasteiger partial charge in [-0.15, -0.1) is 6.58 Å². The van der Waals surface area contributed by atoms with Gasteiger partial charge < -0.3 is 5.11 Å². The number of hydrogen-bond donors (Lipinski definition) is 1. The molecule has 0 aromatic rings. The van der Waals surface area contributed by atoms with E-state index in [9.17, 15) is 5.11 Å². The van der Waals surface area contributed by atoms with Crippen molar-refractivity contribution in [3.8, 4) is 0 Å². The van der Waals surface area contributed by atoms with Crippen LogP contribution in [0.1, 0.15) is 32.6 Å². The number of nitrogens with zero attached hydrogens (tertiary/aromatic N) is 1. The van der Waals surface area contributed by atoms with Crippen LogP contribution in [0.25, 0.3) is 0 Å². The second kappa shape index (κ2) is 5.40. The Labute approximate surface area is 81.2 Å². The summed E-state index contributed by atoms with van der Waals surface area (Å²) in [6.07, 6.45) is 6.15. The predicted octanol–water partition coefficient (Wildman–Crippen LogP) is 1.80. The van der Waals surface area contributed by atoms with Crippen molar-refractivity contribution in [3.05, 3.63) is 12.7 Å². The molecule has 0 unspecified atom stereocenters. The summed E-state index contributed by atoms with van der Waals surface area (Å²) in [5.41, 5.74) is 0. The van der Waals surface area contributed by atoms with E-state index in [0.717, 1.165) is 38.8 Å². The summed E-state index contributed by atoms with van der Waals surface area (Å²) in [4.78, 5) is 2.44. The average Bonchev–Trinajstić information content (AvgIpc) is 2.16. The van der Waals surface area contributed by atoms with E-state index in [4.69, 9.17) is 0 Å². The highest BCUT2D eigenvalue weighted by molar-refractivity contribution is 4.82. The first kappa shape index (κ1) is 10.7. The highest BCUT2D eigenvalue weighted by atomic mass is 16.3. The first-order chi connectivity index (χ1) is 6.27. The molecule has 0 aliphatic heterocycles. The Hall–Kier alpha value is -0.340. The van der Waals surface area contributed by atoms with Gasteiger partial charge in [0.25, 0.3) is 0 Å². The minimum atomic E-state index is -0.0429. The standard InChI is InChI=1S/C11H21NO/c1-3-9-12(4-2)10-5-7-11(13)8-6-10/h3,10-11,13H,1,4-9H2,2H3. The SMILES string of the molecule is C=CCN(CC)C1CCC(O)CC1. The molecule has 0 heterocycles. The molecule has 2 nitrogen and oxygen atoms in total. The van der Waals surface area contributed by atoms with Crippen LogP contribution < -0.4 is 0 Å². The van der Waals surface area contributed by atoms with Gasteiger partial charge in [-0.25, -0.2) is 0 Å². The molecule has 76 valence electrons. The van der Waals surface area contributed by atoms with Crippen molar-refractivity contribution in [2.45, 2.75) is 44.8 Å². The maximum Gasteiger partial charge on any atom is 0.0541 e. The summed E-state index contributed by atoms with van der Waals surface area (Å²) in [5.74, 6) is 0.